The van der Waals surface area contributed by atoms with Gasteiger partial charge < -0.3 is 10.6 Å². The number of hydrogen-bond acceptors (Lipinski definition) is 2. The Bertz CT molecular complexity index is 399. The molecular formula is C13H18N2. The first kappa shape index (κ1) is 10.1. The topological polar surface area (TPSA) is 29.3 Å². The summed E-state index contributed by atoms with van der Waals surface area (Å²) in [5.74, 6) is 0. The summed E-state index contributed by atoms with van der Waals surface area (Å²) in [4.78, 5) is 2.34. The van der Waals surface area contributed by atoms with Crippen molar-refractivity contribution in [2.24, 2.45) is 0 Å². The molecule has 1 aromatic rings. The van der Waals surface area contributed by atoms with E-state index in [-0.39, 0.29) is 5.54 Å². The molecule has 0 unspecified atom stereocenters. The number of benzene rings is 1. The third-order valence-electron chi connectivity index (χ3n) is 2.76. The SMILES string of the molecule is CC(C)(C)N1CC=Cc2cccc(N)c21. The third-order valence-corrected chi connectivity index (χ3v) is 2.76. The lowest BCUT2D eigenvalue weighted by atomic mass is 9.98. The molecule has 1 aromatic carbocycles. The minimum atomic E-state index is 0.106. The van der Waals surface area contributed by atoms with Crippen molar-refractivity contribution in [3.8, 4) is 0 Å². The van der Waals surface area contributed by atoms with Crippen LogP contribution in [0.4, 0.5) is 11.4 Å². The molecule has 2 rings (SSSR count). The molecule has 0 amide bonds. The molecule has 15 heavy (non-hydrogen) atoms. The van der Waals surface area contributed by atoms with Crippen molar-refractivity contribution in [1.29, 1.82) is 0 Å². The van der Waals surface area contributed by atoms with E-state index in [2.05, 4.69) is 43.9 Å². The zero-order chi connectivity index (χ0) is 11.1. The van der Waals surface area contributed by atoms with Gasteiger partial charge in [-0.25, -0.2) is 0 Å². The predicted octanol–water partition coefficient (Wildman–Crippen LogP) is 2.90. The van der Waals surface area contributed by atoms with Gasteiger partial charge in [0.1, 0.15) is 0 Å². The van der Waals surface area contributed by atoms with Gasteiger partial charge in [0.25, 0.3) is 0 Å². The monoisotopic (exact) mass is 202 g/mol. The maximum Gasteiger partial charge on any atom is 0.0680 e. The zero-order valence-corrected chi connectivity index (χ0v) is 9.62. The van der Waals surface area contributed by atoms with Crippen LogP contribution in [0.25, 0.3) is 6.08 Å². The van der Waals surface area contributed by atoms with Gasteiger partial charge in [0.15, 0.2) is 0 Å². The molecule has 1 aliphatic heterocycles. The Kier molecular flexibility index (Phi) is 2.22. The van der Waals surface area contributed by atoms with Gasteiger partial charge in [0.2, 0.25) is 0 Å². The van der Waals surface area contributed by atoms with Crippen molar-refractivity contribution in [1.82, 2.24) is 0 Å². The predicted molar refractivity (Wildman–Crippen MR) is 67.0 cm³/mol. The normalized spacial score (nSPS) is 15.3. The Morgan fingerprint density at radius 2 is 2.00 bits per heavy atom. The molecule has 0 saturated heterocycles. The molecule has 0 radical (unpaired) electrons. The Morgan fingerprint density at radius 1 is 1.27 bits per heavy atom. The molecule has 0 aliphatic carbocycles. The second-order valence-electron chi connectivity index (χ2n) is 4.97. The van der Waals surface area contributed by atoms with Crippen LogP contribution in [-0.4, -0.2) is 12.1 Å². The first-order valence-corrected chi connectivity index (χ1v) is 5.33. The number of fused-ring (bicyclic) bond motifs is 1. The van der Waals surface area contributed by atoms with Crippen LogP contribution in [-0.2, 0) is 0 Å². The molecule has 0 atom stereocenters. The number of anilines is 2. The summed E-state index contributed by atoms with van der Waals surface area (Å²) >= 11 is 0. The molecule has 80 valence electrons. The highest BCUT2D eigenvalue weighted by atomic mass is 15.2. The zero-order valence-electron chi connectivity index (χ0n) is 9.62. The van der Waals surface area contributed by atoms with E-state index in [9.17, 15) is 0 Å². The minimum Gasteiger partial charge on any atom is -0.397 e. The summed E-state index contributed by atoms with van der Waals surface area (Å²) < 4.78 is 0. The second-order valence-corrected chi connectivity index (χ2v) is 4.97. The van der Waals surface area contributed by atoms with Crippen LogP contribution < -0.4 is 10.6 Å². The maximum atomic E-state index is 6.05. The van der Waals surface area contributed by atoms with Crippen LogP contribution in [0.1, 0.15) is 26.3 Å². The summed E-state index contributed by atoms with van der Waals surface area (Å²) in [5.41, 5.74) is 9.42. The number of nitrogen functional groups attached to an aromatic ring is 1. The lowest BCUT2D eigenvalue weighted by molar-refractivity contribution is 0.521. The Hall–Kier alpha value is -1.44. The molecule has 1 heterocycles. The van der Waals surface area contributed by atoms with Crippen molar-refractivity contribution >= 4 is 17.5 Å². The van der Waals surface area contributed by atoms with Crippen LogP contribution in [0.5, 0.6) is 0 Å². The fourth-order valence-electron chi connectivity index (χ4n) is 2.01. The fraction of sp³-hybridized carbons (Fsp3) is 0.385. The number of rotatable bonds is 0. The smallest absolute Gasteiger partial charge is 0.0680 e. The van der Waals surface area contributed by atoms with E-state index in [0.717, 1.165) is 12.2 Å². The Balaban J connectivity index is 2.56. The van der Waals surface area contributed by atoms with Crippen LogP contribution in [0.2, 0.25) is 0 Å². The van der Waals surface area contributed by atoms with Gasteiger partial charge in [-0.1, -0.05) is 24.3 Å². The van der Waals surface area contributed by atoms with Crippen molar-refractivity contribution in [2.75, 3.05) is 17.2 Å². The highest BCUT2D eigenvalue weighted by Crippen LogP contribution is 2.35. The molecule has 0 bridgehead atoms. The van der Waals surface area contributed by atoms with Crippen LogP contribution in [0.15, 0.2) is 24.3 Å². The molecule has 1 aliphatic rings. The summed E-state index contributed by atoms with van der Waals surface area (Å²) in [6.45, 7) is 7.57. The van der Waals surface area contributed by atoms with E-state index in [4.69, 9.17) is 5.73 Å². The fourth-order valence-corrected chi connectivity index (χ4v) is 2.01. The van der Waals surface area contributed by atoms with Gasteiger partial charge in [0.05, 0.1) is 11.4 Å². The molecule has 0 spiro atoms. The molecule has 2 heteroatoms. The van der Waals surface area contributed by atoms with Gasteiger partial charge in [-0.2, -0.15) is 0 Å². The molecular weight excluding hydrogens is 184 g/mol. The van der Waals surface area contributed by atoms with E-state index < -0.39 is 0 Å². The third kappa shape index (κ3) is 1.72. The average Bonchev–Trinajstić information content (AvgIpc) is 2.16. The Labute approximate surface area is 91.4 Å². The second kappa shape index (κ2) is 3.30. The van der Waals surface area contributed by atoms with Crippen molar-refractivity contribution in [2.45, 2.75) is 26.3 Å². The molecule has 0 saturated carbocycles. The van der Waals surface area contributed by atoms with Crippen LogP contribution in [0.3, 0.4) is 0 Å². The highest BCUT2D eigenvalue weighted by Gasteiger charge is 2.25. The number of hydrogen-bond donors (Lipinski definition) is 1. The lowest BCUT2D eigenvalue weighted by Gasteiger charge is -2.40. The Morgan fingerprint density at radius 3 is 2.67 bits per heavy atom. The summed E-state index contributed by atoms with van der Waals surface area (Å²) in [7, 11) is 0. The summed E-state index contributed by atoms with van der Waals surface area (Å²) in [6.07, 6.45) is 4.33. The average molecular weight is 202 g/mol. The first-order chi connectivity index (χ1) is 7.00. The van der Waals surface area contributed by atoms with Crippen molar-refractivity contribution in [3.63, 3.8) is 0 Å². The molecule has 2 nitrogen and oxygen atoms in total. The first-order valence-electron chi connectivity index (χ1n) is 5.33. The summed E-state index contributed by atoms with van der Waals surface area (Å²) in [5, 5.41) is 0. The highest BCUT2D eigenvalue weighted by molar-refractivity contribution is 5.82. The van der Waals surface area contributed by atoms with E-state index in [1.54, 1.807) is 0 Å². The van der Waals surface area contributed by atoms with E-state index in [1.165, 1.54) is 11.3 Å². The van der Waals surface area contributed by atoms with Crippen molar-refractivity contribution < 1.29 is 0 Å². The number of para-hydroxylation sites is 1. The van der Waals surface area contributed by atoms with Crippen LogP contribution >= 0.6 is 0 Å². The van der Waals surface area contributed by atoms with E-state index in [1.807, 2.05) is 12.1 Å². The van der Waals surface area contributed by atoms with E-state index in [0.29, 0.717) is 0 Å². The molecule has 0 aromatic heterocycles. The summed E-state index contributed by atoms with van der Waals surface area (Å²) in [6, 6.07) is 6.08. The maximum absolute atomic E-state index is 6.05. The van der Waals surface area contributed by atoms with E-state index >= 15 is 0 Å². The largest absolute Gasteiger partial charge is 0.397 e. The van der Waals surface area contributed by atoms with Crippen LogP contribution in [0, 0.1) is 0 Å². The number of nitrogens with two attached hydrogens (primary N) is 1. The molecule has 0 fully saturated rings. The minimum absolute atomic E-state index is 0.106. The molecule has 2 N–H and O–H groups in total. The van der Waals surface area contributed by atoms with Gasteiger partial charge in [-0.15, -0.1) is 0 Å². The van der Waals surface area contributed by atoms with Gasteiger partial charge >= 0.3 is 0 Å². The van der Waals surface area contributed by atoms with Gasteiger partial charge in [-0.05, 0) is 32.4 Å². The quantitative estimate of drug-likeness (QED) is 0.655. The van der Waals surface area contributed by atoms with Gasteiger partial charge in [-0.3, -0.25) is 0 Å². The standard InChI is InChI=1S/C13H18N2/c1-13(2,3)15-9-5-7-10-6-4-8-11(14)12(10)15/h4-8H,9,14H2,1-3H3. The van der Waals surface area contributed by atoms with Crippen molar-refractivity contribution in [3.05, 3.63) is 29.8 Å². The van der Waals surface area contributed by atoms with Gasteiger partial charge in [0, 0.05) is 12.1 Å². The number of nitrogens with zero attached hydrogens (tertiary/aromatic N) is 1. The lowest BCUT2D eigenvalue weighted by Crippen LogP contribution is -2.43.